The summed E-state index contributed by atoms with van der Waals surface area (Å²) < 4.78 is 16.4. The van der Waals surface area contributed by atoms with E-state index in [2.05, 4.69) is 5.32 Å². The average Bonchev–Trinajstić information content (AvgIpc) is 3.27. The third-order valence-corrected chi connectivity index (χ3v) is 6.31. The molecule has 4 rings (SSSR count). The molecular formula is C23H26ClNO6. The number of nitrogens with one attached hydrogen (secondary N) is 1. The van der Waals surface area contributed by atoms with Gasteiger partial charge in [-0.2, -0.15) is 0 Å². The second kappa shape index (κ2) is 8.93. The molecule has 0 spiro atoms. The summed E-state index contributed by atoms with van der Waals surface area (Å²) in [5, 5.41) is 13.5. The van der Waals surface area contributed by atoms with Crippen LogP contribution in [0.4, 0.5) is 0 Å². The molecule has 1 saturated heterocycles. The number of hydrogen-bond acceptors (Lipinski definition) is 7. The molecule has 2 heterocycles. The molecule has 2 atom stereocenters. The highest BCUT2D eigenvalue weighted by Gasteiger charge is 2.40. The molecule has 31 heavy (non-hydrogen) atoms. The smallest absolute Gasteiger partial charge is 0.336 e. The number of dihydropyridines is 1. The van der Waals surface area contributed by atoms with Gasteiger partial charge in [0.1, 0.15) is 6.61 Å². The summed E-state index contributed by atoms with van der Waals surface area (Å²) in [7, 11) is 1.42. The van der Waals surface area contributed by atoms with Crippen molar-refractivity contribution in [2.75, 3.05) is 20.3 Å². The Bertz CT molecular complexity index is 977. The third kappa shape index (κ3) is 4.16. The van der Waals surface area contributed by atoms with Crippen molar-refractivity contribution in [3.63, 3.8) is 0 Å². The van der Waals surface area contributed by atoms with Crippen LogP contribution in [-0.2, 0) is 19.1 Å². The Labute approximate surface area is 186 Å². The number of allylic oxidation sites excluding steroid dienone is 3. The van der Waals surface area contributed by atoms with E-state index in [4.69, 9.17) is 25.8 Å². The molecule has 1 aromatic rings. The number of carbonyl (C=O) groups is 2. The molecule has 2 aliphatic heterocycles. The largest absolute Gasteiger partial charge is 0.503 e. The lowest BCUT2D eigenvalue weighted by Gasteiger charge is -2.34. The summed E-state index contributed by atoms with van der Waals surface area (Å²) in [6.07, 6.45) is 3.58. The number of rotatable bonds is 5. The van der Waals surface area contributed by atoms with E-state index in [1.165, 1.54) is 7.11 Å². The molecule has 2 N–H and O–H groups in total. The van der Waals surface area contributed by atoms with Crippen molar-refractivity contribution in [2.45, 2.75) is 51.0 Å². The number of methoxy groups -OCH3 is 1. The van der Waals surface area contributed by atoms with Gasteiger partial charge in [0.25, 0.3) is 0 Å². The second-order valence-electron chi connectivity index (χ2n) is 8.05. The maximum absolute atomic E-state index is 13.2. The Kier molecular flexibility index (Phi) is 6.25. The van der Waals surface area contributed by atoms with Crippen molar-refractivity contribution >= 4 is 23.4 Å². The molecule has 7 nitrogen and oxygen atoms in total. The fourth-order valence-electron chi connectivity index (χ4n) is 4.53. The molecule has 8 heteroatoms. The molecular weight excluding hydrogens is 422 g/mol. The van der Waals surface area contributed by atoms with E-state index in [1.54, 1.807) is 19.1 Å². The van der Waals surface area contributed by atoms with Gasteiger partial charge in [0, 0.05) is 35.9 Å². The minimum atomic E-state index is -0.659. The van der Waals surface area contributed by atoms with Crippen molar-refractivity contribution < 1.29 is 28.9 Å². The van der Waals surface area contributed by atoms with Gasteiger partial charge in [-0.05, 0) is 50.3 Å². The number of ketones is 1. The van der Waals surface area contributed by atoms with E-state index in [1.807, 2.05) is 0 Å². The maximum atomic E-state index is 13.2. The zero-order chi connectivity index (χ0) is 22.1. The Hall–Kier alpha value is -2.51. The predicted molar refractivity (Wildman–Crippen MR) is 114 cm³/mol. The minimum absolute atomic E-state index is 0.0150. The number of phenolic OH excluding ortho intramolecular Hbond substituents is 1. The lowest BCUT2D eigenvalue weighted by atomic mass is 9.75. The van der Waals surface area contributed by atoms with Gasteiger partial charge in [0.15, 0.2) is 17.3 Å². The molecule has 166 valence electrons. The topological polar surface area (TPSA) is 94.1 Å². The fraction of sp³-hybridized carbons (Fsp3) is 0.478. The van der Waals surface area contributed by atoms with Crippen LogP contribution in [0.3, 0.4) is 0 Å². The van der Waals surface area contributed by atoms with E-state index in [0.717, 1.165) is 31.4 Å². The Balaban J connectivity index is 1.76. The Morgan fingerprint density at radius 1 is 1.32 bits per heavy atom. The number of phenols is 1. The van der Waals surface area contributed by atoms with Gasteiger partial charge in [-0.15, -0.1) is 0 Å². The van der Waals surface area contributed by atoms with Crippen LogP contribution in [0.1, 0.15) is 50.5 Å². The Morgan fingerprint density at radius 3 is 2.84 bits per heavy atom. The molecule has 0 bridgehead atoms. The molecule has 0 unspecified atom stereocenters. The van der Waals surface area contributed by atoms with E-state index >= 15 is 0 Å². The summed E-state index contributed by atoms with van der Waals surface area (Å²) in [5.41, 5.74) is 2.95. The fourth-order valence-corrected chi connectivity index (χ4v) is 4.74. The van der Waals surface area contributed by atoms with Crippen LogP contribution in [0.25, 0.3) is 0 Å². The lowest BCUT2D eigenvalue weighted by molar-refractivity contribution is -0.142. The number of hydrogen-bond donors (Lipinski definition) is 2. The Morgan fingerprint density at radius 2 is 2.13 bits per heavy atom. The van der Waals surface area contributed by atoms with E-state index < -0.39 is 11.9 Å². The number of ether oxygens (including phenoxy) is 3. The van der Waals surface area contributed by atoms with Gasteiger partial charge in [-0.25, -0.2) is 4.79 Å². The number of carbonyl (C=O) groups excluding carboxylic acids is 2. The van der Waals surface area contributed by atoms with Crippen LogP contribution in [0, 0.1) is 0 Å². The van der Waals surface area contributed by atoms with Crippen LogP contribution in [-0.4, -0.2) is 43.3 Å². The van der Waals surface area contributed by atoms with E-state index in [9.17, 15) is 14.7 Å². The van der Waals surface area contributed by atoms with Gasteiger partial charge in [0.2, 0.25) is 0 Å². The summed E-state index contributed by atoms with van der Waals surface area (Å²) >= 11 is 6.24. The normalized spacial score (nSPS) is 23.5. The van der Waals surface area contributed by atoms with Gasteiger partial charge in [-0.3, -0.25) is 4.79 Å². The van der Waals surface area contributed by atoms with Gasteiger partial charge in [-0.1, -0.05) is 11.6 Å². The first-order valence-electron chi connectivity index (χ1n) is 10.5. The van der Waals surface area contributed by atoms with Gasteiger partial charge >= 0.3 is 5.97 Å². The number of halogens is 1. The van der Waals surface area contributed by atoms with Gasteiger partial charge < -0.3 is 24.6 Å². The van der Waals surface area contributed by atoms with Crippen LogP contribution >= 0.6 is 11.6 Å². The van der Waals surface area contributed by atoms with E-state index in [0.29, 0.717) is 35.4 Å². The maximum Gasteiger partial charge on any atom is 0.336 e. The van der Waals surface area contributed by atoms with Crippen molar-refractivity contribution in [1.29, 1.82) is 0 Å². The van der Waals surface area contributed by atoms with Crippen LogP contribution in [0.5, 0.6) is 11.5 Å². The number of aromatic hydroxyl groups is 1. The molecule has 3 aliphatic rings. The third-order valence-electron chi connectivity index (χ3n) is 6.02. The zero-order valence-electron chi connectivity index (χ0n) is 17.6. The second-order valence-corrected chi connectivity index (χ2v) is 8.46. The molecule has 0 radical (unpaired) electrons. The standard InChI is InChI=1S/C23H26ClNO6/c1-12-19(23(28)31-11-14-5-4-8-30-14)20(21-16(25-12)6-3-7-17(21)26)13-9-15(24)22(27)18(10-13)29-2/h9-10,14,20,25,27H,3-8,11H2,1-2H3/t14-,20-/m1/s1. The predicted octanol–water partition coefficient (Wildman–Crippen LogP) is 3.74. The number of Topliss-reactive ketones (excluding diaryl/α,β-unsaturated/α-hetero) is 1. The highest BCUT2D eigenvalue weighted by atomic mass is 35.5. The molecule has 0 aromatic heterocycles. The van der Waals surface area contributed by atoms with Crippen molar-refractivity contribution in [3.8, 4) is 11.5 Å². The molecule has 0 amide bonds. The summed E-state index contributed by atoms with van der Waals surface area (Å²) in [5.74, 6) is -1.18. The van der Waals surface area contributed by atoms with Gasteiger partial charge in [0.05, 0.1) is 23.8 Å². The average molecular weight is 448 g/mol. The molecule has 1 aliphatic carbocycles. The minimum Gasteiger partial charge on any atom is -0.503 e. The van der Waals surface area contributed by atoms with Crippen LogP contribution in [0.15, 0.2) is 34.7 Å². The zero-order valence-corrected chi connectivity index (χ0v) is 18.4. The van der Waals surface area contributed by atoms with Crippen molar-refractivity contribution in [1.82, 2.24) is 5.32 Å². The number of benzene rings is 1. The first kappa shape index (κ1) is 21.7. The lowest BCUT2D eigenvalue weighted by Crippen LogP contribution is -2.35. The number of esters is 1. The van der Waals surface area contributed by atoms with E-state index in [-0.39, 0.29) is 35.0 Å². The monoisotopic (exact) mass is 447 g/mol. The summed E-state index contributed by atoms with van der Waals surface area (Å²) in [6.45, 7) is 2.64. The molecule has 1 aromatic carbocycles. The summed E-state index contributed by atoms with van der Waals surface area (Å²) in [4.78, 5) is 26.2. The highest BCUT2D eigenvalue weighted by molar-refractivity contribution is 6.32. The first-order valence-corrected chi connectivity index (χ1v) is 10.9. The van der Waals surface area contributed by atoms with Crippen molar-refractivity contribution in [2.24, 2.45) is 0 Å². The molecule has 0 saturated carbocycles. The van der Waals surface area contributed by atoms with Crippen LogP contribution < -0.4 is 10.1 Å². The van der Waals surface area contributed by atoms with Crippen LogP contribution in [0.2, 0.25) is 5.02 Å². The quantitative estimate of drug-likeness (QED) is 0.664. The summed E-state index contributed by atoms with van der Waals surface area (Å²) in [6, 6.07) is 3.19. The first-order chi connectivity index (χ1) is 14.9. The molecule has 1 fully saturated rings. The SMILES string of the molecule is COc1cc([C@@H]2C(C(=O)OC[C@H]3CCCO3)=C(C)NC3=C2C(=O)CCC3)cc(Cl)c1O. The highest BCUT2D eigenvalue weighted by Crippen LogP contribution is 2.46. The van der Waals surface area contributed by atoms with Crippen molar-refractivity contribution in [3.05, 3.63) is 45.3 Å².